The van der Waals surface area contributed by atoms with E-state index in [9.17, 15) is 4.79 Å². The van der Waals surface area contributed by atoms with E-state index in [1.54, 1.807) is 7.11 Å². The fourth-order valence-corrected chi connectivity index (χ4v) is 1.10. The predicted octanol–water partition coefficient (Wildman–Crippen LogP) is -1.20. The molecule has 5 heteroatoms. The number of carbonyl (C=O) groups excluding carboxylic acids is 1. The van der Waals surface area contributed by atoms with E-state index < -0.39 is 6.04 Å². The van der Waals surface area contributed by atoms with Gasteiger partial charge in [-0.2, -0.15) is 0 Å². The number of aliphatic hydroxyl groups is 1. The van der Waals surface area contributed by atoms with E-state index in [0.717, 1.165) is 0 Å². The van der Waals surface area contributed by atoms with Crippen molar-refractivity contribution in [2.45, 2.75) is 12.5 Å². The Bertz CT molecular complexity index is 225. The van der Waals surface area contributed by atoms with Gasteiger partial charge in [0.1, 0.15) is 0 Å². The molecule has 15 heavy (non-hydrogen) atoms. The van der Waals surface area contributed by atoms with Crippen LogP contribution in [-0.4, -0.2) is 55.4 Å². The van der Waals surface area contributed by atoms with Gasteiger partial charge in [0.05, 0.1) is 19.3 Å². The van der Waals surface area contributed by atoms with Crippen LogP contribution >= 0.6 is 0 Å². The molecule has 86 valence electrons. The first kappa shape index (κ1) is 13.9. The molecule has 0 aromatic carbocycles. The third-order valence-corrected chi connectivity index (χ3v) is 1.90. The zero-order chi connectivity index (χ0) is 11.7. The minimum Gasteiger partial charge on any atom is -0.395 e. The molecule has 1 amide bonds. The van der Waals surface area contributed by atoms with Crippen molar-refractivity contribution in [1.29, 1.82) is 0 Å². The molecule has 0 aliphatic heterocycles. The van der Waals surface area contributed by atoms with Crippen LogP contribution < -0.4 is 5.73 Å². The molecule has 0 radical (unpaired) electrons. The van der Waals surface area contributed by atoms with Gasteiger partial charge in [-0.15, -0.1) is 12.3 Å². The number of terminal acetylenes is 1. The largest absolute Gasteiger partial charge is 0.395 e. The molecule has 1 unspecified atom stereocenters. The number of nitrogens with zero attached hydrogens (tertiary/aromatic N) is 1. The standard InChI is InChI=1S/C10H18N2O3/c1-3-4-9(11)10(14)12(5-7-13)6-8-15-2/h1,9,13H,4-8,11H2,2H3. The summed E-state index contributed by atoms with van der Waals surface area (Å²) in [7, 11) is 1.54. The van der Waals surface area contributed by atoms with Gasteiger partial charge < -0.3 is 20.5 Å². The fourth-order valence-electron chi connectivity index (χ4n) is 1.10. The second-order valence-electron chi connectivity index (χ2n) is 3.06. The highest BCUT2D eigenvalue weighted by atomic mass is 16.5. The van der Waals surface area contributed by atoms with E-state index in [1.807, 2.05) is 0 Å². The number of rotatable bonds is 7. The van der Waals surface area contributed by atoms with Crippen LogP contribution in [0, 0.1) is 12.3 Å². The van der Waals surface area contributed by atoms with Gasteiger partial charge >= 0.3 is 0 Å². The fraction of sp³-hybridized carbons (Fsp3) is 0.700. The molecule has 0 heterocycles. The number of nitrogens with two attached hydrogens (primary N) is 1. The molecule has 5 nitrogen and oxygen atoms in total. The zero-order valence-electron chi connectivity index (χ0n) is 8.98. The molecule has 0 fully saturated rings. The SMILES string of the molecule is C#CCC(N)C(=O)N(CCO)CCOC. The third kappa shape index (κ3) is 5.37. The van der Waals surface area contributed by atoms with Gasteiger partial charge in [-0.05, 0) is 0 Å². The molecular weight excluding hydrogens is 196 g/mol. The Morgan fingerprint density at radius 3 is 2.80 bits per heavy atom. The Morgan fingerprint density at radius 2 is 2.33 bits per heavy atom. The average Bonchev–Trinajstić information content (AvgIpc) is 2.23. The van der Waals surface area contributed by atoms with Gasteiger partial charge in [0, 0.05) is 26.6 Å². The monoisotopic (exact) mass is 214 g/mol. The third-order valence-electron chi connectivity index (χ3n) is 1.90. The Balaban J connectivity index is 4.21. The van der Waals surface area contributed by atoms with Gasteiger partial charge in [-0.25, -0.2) is 0 Å². The molecule has 0 saturated carbocycles. The molecule has 0 spiro atoms. The number of hydrogen-bond donors (Lipinski definition) is 2. The highest BCUT2D eigenvalue weighted by Crippen LogP contribution is 1.96. The molecular formula is C10H18N2O3. The van der Waals surface area contributed by atoms with Crippen LogP contribution in [0.1, 0.15) is 6.42 Å². The second kappa shape index (κ2) is 8.24. The summed E-state index contributed by atoms with van der Waals surface area (Å²) in [5.74, 6) is 2.08. The van der Waals surface area contributed by atoms with E-state index in [4.69, 9.17) is 22.0 Å². The summed E-state index contributed by atoms with van der Waals surface area (Å²) in [6.45, 7) is 0.974. The summed E-state index contributed by atoms with van der Waals surface area (Å²) >= 11 is 0. The first-order valence-electron chi connectivity index (χ1n) is 4.75. The lowest BCUT2D eigenvalue weighted by Crippen LogP contribution is -2.46. The molecule has 0 aliphatic carbocycles. The Hall–Kier alpha value is -1.09. The van der Waals surface area contributed by atoms with E-state index >= 15 is 0 Å². The molecule has 3 N–H and O–H groups in total. The van der Waals surface area contributed by atoms with Crippen molar-refractivity contribution in [1.82, 2.24) is 4.90 Å². The van der Waals surface area contributed by atoms with Gasteiger partial charge in [0.2, 0.25) is 5.91 Å². The lowest BCUT2D eigenvalue weighted by Gasteiger charge is -2.23. The van der Waals surface area contributed by atoms with E-state index in [2.05, 4.69) is 5.92 Å². The van der Waals surface area contributed by atoms with Crippen molar-refractivity contribution in [3.63, 3.8) is 0 Å². The average molecular weight is 214 g/mol. The summed E-state index contributed by atoms with van der Waals surface area (Å²) in [5.41, 5.74) is 5.57. The summed E-state index contributed by atoms with van der Waals surface area (Å²) in [4.78, 5) is 13.1. The normalized spacial score (nSPS) is 11.9. The molecule has 0 saturated heterocycles. The smallest absolute Gasteiger partial charge is 0.240 e. The highest BCUT2D eigenvalue weighted by molar-refractivity contribution is 5.82. The maximum Gasteiger partial charge on any atom is 0.240 e. The van der Waals surface area contributed by atoms with Crippen molar-refractivity contribution in [2.24, 2.45) is 5.73 Å². The Kier molecular flexibility index (Phi) is 7.64. The number of amides is 1. The Morgan fingerprint density at radius 1 is 1.67 bits per heavy atom. The number of ether oxygens (including phenoxy) is 1. The summed E-state index contributed by atoms with van der Waals surface area (Å²) < 4.78 is 4.85. The molecule has 0 aliphatic rings. The zero-order valence-corrected chi connectivity index (χ0v) is 8.98. The molecule has 0 aromatic heterocycles. The van der Waals surface area contributed by atoms with Crippen LogP contribution in [0.2, 0.25) is 0 Å². The van der Waals surface area contributed by atoms with Crippen LogP contribution in [0.25, 0.3) is 0 Å². The molecule has 0 aromatic rings. The summed E-state index contributed by atoms with van der Waals surface area (Å²) in [5, 5.41) is 8.78. The van der Waals surface area contributed by atoms with Crippen molar-refractivity contribution in [2.75, 3.05) is 33.4 Å². The molecule has 0 bridgehead atoms. The first-order valence-corrected chi connectivity index (χ1v) is 4.75. The minimum atomic E-state index is -0.696. The summed E-state index contributed by atoms with van der Waals surface area (Å²) in [6.07, 6.45) is 5.27. The first-order chi connectivity index (χ1) is 7.17. The second-order valence-corrected chi connectivity index (χ2v) is 3.06. The highest BCUT2D eigenvalue weighted by Gasteiger charge is 2.19. The van der Waals surface area contributed by atoms with Gasteiger partial charge in [-0.1, -0.05) is 0 Å². The number of carbonyl (C=O) groups is 1. The van der Waals surface area contributed by atoms with Gasteiger partial charge in [0.15, 0.2) is 0 Å². The van der Waals surface area contributed by atoms with Crippen LogP contribution in [0.15, 0.2) is 0 Å². The number of hydrogen-bond acceptors (Lipinski definition) is 4. The number of methoxy groups -OCH3 is 1. The topological polar surface area (TPSA) is 75.8 Å². The van der Waals surface area contributed by atoms with Crippen LogP contribution in [0.4, 0.5) is 0 Å². The van der Waals surface area contributed by atoms with Crippen molar-refractivity contribution in [3.05, 3.63) is 0 Å². The van der Waals surface area contributed by atoms with Gasteiger partial charge in [-0.3, -0.25) is 4.79 Å². The lowest BCUT2D eigenvalue weighted by atomic mass is 10.2. The molecule has 1 atom stereocenters. The maximum atomic E-state index is 11.7. The lowest BCUT2D eigenvalue weighted by molar-refractivity contribution is -0.133. The minimum absolute atomic E-state index is 0.0990. The predicted molar refractivity (Wildman–Crippen MR) is 57.0 cm³/mol. The van der Waals surface area contributed by atoms with E-state index in [1.165, 1.54) is 4.90 Å². The van der Waals surface area contributed by atoms with Crippen molar-refractivity contribution in [3.8, 4) is 12.3 Å². The van der Waals surface area contributed by atoms with Crippen LogP contribution in [0.5, 0.6) is 0 Å². The summed E-state index contributed by atoms with van der Waals surface area (Å²) in [6, 6.07) is -0.696. The van der Waals surface area contributed by atoms with Crippen molar-refractivity contribution >= 4 is 5.91 Å². The van der Waals surface area contributed by atoms with Crippen molar-refractivity contribution < 1.29 is 14.6 Å². The van der Waals surface area contributed by atoms with Gasteiger partial charge in [0.25, 0.3) is 0 Å². The van der Waals surface area contributed by atoms with Crippen LogP contribution in [0.3, 0.4) is 0 Å². The van der Waals surface area contributed by atoms with E-state index in [0.29, 0.717) is 13.2 Å². The van der Waals surface area contributed by atoms with Crippen LogP contribution in [-0.2, 0) is 9.53 Å². The maximum absolute atomic E-state index is 11.7. The quantitative estimate of drug-likeness (QED) is 0.522. The number of aliphatic hydroxyl groups excluding tert-OH is 1. The van der Waals surface area contributed by atoms with E-state index in [-0.39, 0.29) is 25.5 Å². The molecule has 0 rings (SSSR count). The Labute approximate surface area is 90.2 Å².